The van der Waals surface area contributed by atoms with Crippen LogP contribution in [0.3, 0.4) is 0 Å². The molecule has 36 heavy (non-hydrogen) atoms. The monoisotopic (exact) mass is 506 g/mol. The van der Waals surface area contributed by atoms with E-state index in [1.54, 1.807) is 6.07 Å². The number of carbonyl (C=O) groups is 1. The summed E-state index contributed by atoms with van der Waals surface area (Å²) >= 11 is 1.14. The summed E-state index contributed by atoms with van der Waals surface area (Å²) < 4.78 is 15.2. The maximum atomic E-state index is 13.4. The van der Waals surface area contributed by atoms with Crippen LogP contribution in [0, 0.1) is 51.8 Å². The number of hydrogen-bond donors (Lipinski definition) is 1. The van der Waals surface area contributed by atoms with Gasteiger partial charge in [0.05, 0.1) is 41.7 Å². The molecular weight excluding hydrogens is 475 g/mol. The third-order valence-corrected chi connectivity index (χ3v) is 10.8. The summed E-state index contributed by atoms with van der Waals surface area (Å²) in [6, 6.07) is 5.12. The van der Waals surface area contributed by atoms with E-state index in [0.717, 1.165) is 60.8 Å². The van der Waals surface area contributed by atoms with E-state index < -0.39 is 12.1 Å². The van der Waals surface area contributed by atoms with Gasteiger partial charge in [-0.15, -0.1) is 0 Å². The van der Waals surface area contributed by atoms with Crippen LogP contribution in [0.2, 0.25) is 0 Å². The Balaban J connectivity index is 1.32. The van der Waals surface area contributed by atoms with E-state index in [-0.39, 0.29) is 33.5 Å². The molecule has 4 aliphatic rings. The minimum Gasteiger partial charge on any atom is -0.393 e. The van der Waals surface area contributed by atoms with Crippen molar-refractivity contribution in [3.63, 3.8) is 0 Å². The van der Waals surface area contributed by atoms with Gasteiger partial charge in [0.15, 0.2) is 5.12 Å². The van der Waals surface area contributed by atoms with Crippen molar-refractivity contribution < 1.29 is 14.3 Å². The van der Waals surface area contributed by atoms with E-state index in [1.165, 1.54) is 17.8 Å². The number of hydrogen-bond acceptors (Lipinski definition) is 6. The van der Waals surface area contributed by atoms with Crippen LogP contribution in [0.15, 0.2) is 30.1 Å². The molecule has 2 aromatic heterocycles. The first-order valence-corrected chi connectivity index (χ1v) is 13.9. The zero-order chi connectivity index (χ0) is 25.2. The third-order valence-electron chi connectivity index (χ3n) is 9.94. The van der Waals surface area contributed by atoms with Crippen LogP contribution in [-0.2, 0) is 11.2 Å². The number of pyridine rings is 1. The lowest BCUT2D eigenvalue weighted by Gasteiger charge is -2.59. The summed E-state index contributed by atoms with van der Waals surface area (Å²) in [5.41, 5.74) is 3.87. The summed E-state index contributed by atoms with van der Waals surface area (Å²) in [4.78, 5) is 16.8. The predicted molar refractivity (Wildman–Crippen MR) is 135 cm³/mol. The fourth-order valence-corrected chi connectivity index (χ4v) is 9.27. The molecule has 0 aromatic carbocycles. The number of fused-ring (bicyclic) bond motifs is 6. The van der Waals surface area contributed by atoms with Gasteiger partial charge in [-0.1, -0.05) is 31.2 Å². The highest BCUT2D eigenvalue weighted by molar-refractivity contribution is 8.13. The first-order valence-electron chi connectivity index (χ1n) is 12.9. The van der Waals surface area contributed by atoms with Crippen molar-refractivity contribution in [2.45, 2.75) is 58.5 Å². The van der Waals surface area contributed by atoms with E-state index in [1.807, 2.05) is 10.9 Å². The van der Waals surface area contributed by atoms with Gasteiger partial charge < -0.3 is 5.11 Å². The number of halogens is 1. The molecule has 6 nitrogen and oxygen atoms in total. The molecule has 0 bridgehead atoms. The normalized spacial score (nSPS) is 36.6. The van der Waals surface area contributed by atoms with E-state index >= 15 is 0 Å². The van der Waals surface area contributed by atoms with E-state index in [2.05, 4.69) is 36.1 Å². The standard InChI is InChI=1S/C28H31FN4O2S/c1-27-12-16-14-32-33(18-4-8-24(29)31-15-18)22(16)11-17(27)3-5-19-20-6-7-21(26(35)36-10-9-30)28(20,2)13-23(34)25(19)27/h4,8,11,14-15,19-21,23,25,34H,3,5-7,10,12-13H2,1-2H3. The second-order valence-corrected chi connectivity index (χ2v) is 12.6. The van der Waals surface area contributed by atoms with Crippen LogP contribution in [-0.4, -0.2) is 36.8 Å². The number of rotatable bonds is 3. The number of carbonyl (C=O) groups excluding carboxylic acids is 1. The number of nitrogens with zero attached hydrogens (tertiary/aromatic N) is 4. The predicted octanol–water partition coefficient (Wildman–Crippen LogP) is 4.96. The second kappa shape index (κ2) is 8.53. The molecular formula is C28H31FN4O2S. The number of aliphatic hydroxyl groups excluding tert-OH is 1. The largest absolute Gasteiger partial charge is 0.393 e. The molecule has 0 radical (unpaired) electrons. The first kappa shape index (κ1) is 23.9. The average Bonchev–Trinajstić information content (AvgIpc) is 3.40. The Morgan fingerprint density at radius 1 is 1.31 bits per heavy atom. The van der Waals surface area contributed by atoms with Crippen LogP contribution < -0.4 is 0 Å². The molecule has 6 rings (SSSR count). The second-order valence-electron chi connectivity index (χ2n) is 11.6. The molecule has 1 N–H and O–H groups in total. The highest BCUT2D eigenvalue weighted by atomic mass is 32.2. The Hall–Kier alpha value is -2.50. The Morgan fingerprint density at radius 3 is 2.89 bits per heavy atom. The zero-order valence-electron chi connectivity index (χ0n) is 20.7. The van der Waals surface area contributed by atoms with Gasteiger partial charge in [0.25, 0.3) is 0 Å². The summed E-state index contributed by atoms with van der Waals surface area (Å²) in [6.45, 7) is 4.52. The molecule has 4 aliphatic carbocycles. The van der Waals surface area contributed by atoms with Crippen molar-refractivity contribution in [1.29, 1.82) is 5.26 Å². The summed E-state index contributed by atoms with van der Waals surface area (Å²) in [5, 5.41) is 25.4. The summed E-state index contributed by atoms with van der Waals surface area (Å²) in [5.74, 6) is 0.526. The number of aliphatic hydroxyl groups is 1. The minimum absolute atomic E-state index is 0.0818. The fourth-order valence-electron chi connectivity index (χ4n) is 8.47. The molecule has 2 aromatic rings. The molecule has 3 saturated carbocycles. The topological polar surface area (TPSA) is 91.8 Å². The SMILES string of the molecule is CC12Cc3cnn(-c4ccc(F)nc4)c3C=C1CCC1C2C(O)CC2(C)C(C(=O)SCC#N)CCC12. The van der Waals surface area contributed by atoms with Crippen molar-refractivity contribution in [3.8, 4) is 11.8 Å². The molecule has 0 saturated heterocycles. The average molecular weight is 507 g/mol. The Morgan fingerprint density at radius 2 is 2.14 bits per heavy atom. The summed E-state index contributed by atoms with van der Waals surface area (Å²) in [6.07, 6.45) is 10.5. The Bertz CT molecular complexity index is 1280. The van der Waals surface area contributed by atoms with Crippen LogP contribution in [0.5, 0.6) is 0 Å². The maximum absolute atomic E-state index is 13.4. The van der Waals surface area contributed by atoms with Gasteiger partial charge in [0.1, 0.15) is 0 Å². The highest BCUT2D eigenvalue weighted by Gasteiger charge is 2.63. The number of nitriles is 1. The van der Waals surface area contributed by atoms with E-state index in [0.29, 0.717) is 18.3 Å². The van der Waals surface area contributed by atoms with Gasteiger partial charge in [-0.2, -0.15) is 14.8 Å². The number of aromatic nitrogens is 3. The van der Waals surface area contributed by atoms with Crippen molar-refractivity contribution in [2.24, 2.45) is 34.5 Å². The molecule has 8 heteroatoms. The van der Waals surface area contributed by atoms with Gasteiger partial charge in [-0.3, -0.25) is 4.79 Å². The zero-order valence-corrected chi connectivity index (χ0v) is 21.5. The van der Waals surface area contributed by atoms with Gasteiger partial charge in [0, 0.05) is 5.92 Å². The first-order chi connectivity index (χ1) is 17.3. The minimum atomic E-state index is -0.512. The third kappa shape index (κ3) is 3.42. The van der Waals surface area contributed by atoms with Crippen molar-refractivity contribution in [3.05, 3.63) is 47.3 Å². The highest BCUT2D eigenvalue weighted by Crippen LogP contribution is 2.67. The Kier molecular flexibility index (Phi) is 5.65. The maximum Gasteiger partial charge on any atom is 0.212 e. The molecule has 7 unspecified atom stereocenters. The van der Waals surface area contributed by atoms with Gasteiger partial charge in [-0.25, -0.2) is 9.67 Å². The lowest BCUT2D eigenvalue weighted by Crippen LogP contribution is -2.57. The molecule has 7 atom stereocenters. The molecule has 3 fully saturated rings. The van der Waals surface area contributed by atoms with Crippen molar-refractivity contribution in [2.75, 3.05) is 5.75 Å². The van der Waals surface area contributed by atoms with Crippen LogP contribution in [0.4, 0.5) is 4.39 Å². The fraction of sp³-hybridized carbons (Fsp3) is 0.571. The van der Waals surface area contributed by atoms with Crippen LogP contribution in [0.1, 0.15) is 57.2 Å². The van der Waals surface area contributed by atoms with Crippen molar-refractivity contribution in [1.82, 2.24) is 14.8 Å². The quantitative estimate of drug-likeness (QED) is 0.592. The van der Waals surface area contributed by atoms with Gasteiger partial charge in [-0.05, 0) is 90.9 Å². The molecule has 0 spiro atoms. The van der Waals surface area contributed by atoms with Crippen LogP contribution >= 0.6 is 11.8 Å². The van der Waals surface area contributed by atoms with Gasteiger partial charge in [0.2, 0.25) is 5.95 Å². The molecule has 188 valence electrons. The van der Waals surface area contributed by atoms with E-state index in [4.69, 9.17) is 5.26 Å². The summed E-state index contributed by atoms with van der Waals surface area (Å²) in [7, 11) is 0. The molecule has 0 aliphatic heterocycles. The van der Waals surface area contributed by atoms with Gasteiger partial charge >= 0.3 is 0 Å². The lowest BCUT2D eigenvalue weighted by molar-refractivity contribution is -0.136. The lowest BCUT2D eigenvalue weighted by atomic mass is 9.46. The number of thioether (sulfide) groups is 1. The number of allylic oxidation sites excluding steroid dienone is 1. The van der Waals surface area contributed by atoms with Crippen molar-refractivity contribution >= 4 is 23.0 Å². The smallest absolute Gasteiger partial charge is 0.212 e. The molecule has 0 amide bonds. The van der Waals surface area contributed by atoms with Crippen LogP contribution in [0.25, 0.3) is 11.8 Å². The Labute approximate surface area is 215 Å². The van der Waals surface area contributed by atoms with E-state index in [9.17, 15) is 14.3 Å². The molecule has 2 heterocycles.